The Bertz CT molecular complexity index is 1300. The molecule has 33 heavy (non-hydrogen) atoms. The van der Waals surface area contributed by atoms with Gasteiger partial charge in [0.1, 0.15) is 11.4 Å². The smallest absolute Gasteiger partial charge is 0.296 e. The summed E-state index contributed by atoms with van der Waals surface area (Å²) in [6.07, 6.45) is 0.344. The Morgan fingerprint density at radius 3 is 2.70 bits per heavy atom. The number of rotatable bonds is 5. The van der Waals surface area contributed by atoms with E-state index in [4.69, 9.17) is 10.00 Å². The summed E-state index contributed by atoms with van der Waals surface area (Å²) in [6.45, 7) is 4.29. The van der Waals surface area contributed by atoms with Crippen molar-refractivity contribution in [1.82, 2.24) is 14.9 Å². The van der Waals surface area contributed by atoms with Gasteiger partial charge in [-0.1, -0.05) is 48.5 Å². The highest BCUT2D eigenvalue weighted by molar-refractivity contribution is 5.94. The third kappa shape index (κ3) is 4.36. The second-order valence-corrected chi connectivity index (χ2v) is 8.32. The summed E-state index contributed by atoms with van der Waals surface area (Å²) in [5, 5.41) is 22.0. The maximum absolute atomic E-state index is 12.9. The van der Waals surface area contributed by atoms with Gasteiger partial charge in [-0.25, -0.2) is 4.98 Å². The third-order valence-electron chi connectivity index (χ3n) is 5.68. The number of ether oxygens (including phenoxy) is 1. The molecule has 2 aromatic carbocycles. The van der Waals surface area contributed by atoms with Crippen LogP contribution in [-0.2, 0) is 29.8 Å². The summed E-state index contributed by atoms with van der Waals surface area (Å²) >= 11 is 0. The first kappa shape index (κ1) is 22.2. The highest BCUT2D eigenvalue weighted by Gasteiger charge is 2.34. The Morgan fingerprint density at radius 1 is 1.24 bits per heavy atom. The average Bonchev–Trinajstić information content (AvgIpc) is 2.81. The minimum absolute atomic E-state index is 0.175. The monoisotopic (exact) mass is 444 g/mol. The maximum Gasteiger partial charge on any atom is 0.296 e. The fourth-order valence-corrected chi connectivity index (χ4v) is 3.94. The van der Waals surface area contributed by atoms with Crippen molar-refractivity contribution in [3.8, 4) is 22.9 Å². The molecule has 0 aliphatic carbocycles. The van der Waals surface area contributed by atoms with E-state index >= 15 is 0 Å². The molecule has 1 aromatic heterocycles. The zero-order chi connectivity index (χ0) is 23.6. The zero-order valence-corrected chi connectivity index (χ0v) is 18.5. The van der Waals surface area contributed by atoms with Crippen LogP contribution < -0.4 is 10.9 Å². The van der Waals surface area contributed by atoms with Crippen molar-refractivity contribution in [3.05, 3.63) is 81.5 Å². The molecule has 8 heteroatoms. The Balaban J connectivity index is 1.59. The van der Waals surface area contributed by atoms with Gasteiger partial charge in [-0.2, -0.15) is 5.26 Å². The van der Waals surface area contributed by atoms with Crippen molar-refractivity contribution in [1.29, 1.82) is 5.26 Å². The first-order chi connectivity index (χ1) is 15.8. The Hall–Kier alpha value is -3.96. The number of nitrogens with zero attached hydrogens (tertiary/aromatic N) is 3. The zero-order valence-electron chi connectivity index (χ0n) is 18.5. The summed E-state index contributed by atoms with van der Waals surface area (Å²) in [5.41, 5.74) is 1.84. The Morgan fingerprint density at radius 2 is 1.97 bits per heavy atom. The van der Waals surface area contributed by atoms with Gasteiger partial charge in [-0.15, -0.1) is 0 Å². The lowest BCUT2D eigenvalue weighted by Crippen LogP contribution is -2.42. The SMILES string of the molecule is CC1(C)OCCn2c1nc(C(=O)NCc1ccccc1-c1ccc(CC#N)cc1)c(O)c2=O. The molecule has 0 radical (unpaired) electrons. The van der Waals surface area contributed by atoms with Crippen LogP contribution in [0.2, 0.25) is 0 Å². The maximum atomic E-state index is 12.9. The number of benzene rings is 2. The molecule has 1 aliphatic heterocycles. The van der Waals surface area contributed by atoms with Crippen molar-refractivity contribution >= 4 is 5.91 Å². The topological polar surface area (TPSA) is 117 Å². The van der Waals surface area contributed by atoms with E-state index < -0.39 is 22.8 Å². The first-order valence-electron chi connectivity index (χ1n) is 10.6. The lowest BCUT2D eigenvalue weighted by molar-refractivity contribution is -0.0566. The number of carbonyl (C=O) groups is 1. The van der Waals surface area contributed by atoms with Gasteiger partial charge in [0, 0.05) is 6.54 Å². The number of hydrogen-bond acceptors (Lipinski definition) is 6. The van der Waals surface area contributed by atoms with Crippen molar-refractivity contribution in [2.24, 2.45) is 0 Å². The number of carbonyl (C=O) groups excluding carboxylic acids is 1. The Kier molecular flexibility index (Phi) is 5.99. The molecule has 0 atom stereocenters. The fraction of sp³-hybridized carbons (Fsp3) is 0.280. The lowest BCUT2D eigenvalue weighted by Gasteiger charge is -2.32. The average molecular weight is 444 g/mol. The summed E-state index contributed by atoms with van der Waals surface area (Å²) in [7, 11) is 0. The molecular formula is C25H24N4O4. The van der Waals surface area contributed by atoms with Crippen molar-refractivity contribution in [2.45, 2.75) is 39.0 Å². The van der Waals surface area contributed by atoms with Crippen LogP contribution in [0.1, 0.15) is 41.3 Å². The minimum Gasteiger partial charge on any atom is -0.501 e. The molecule has 0 bridgehead atoms. The number of nitrogens with one attached hydrogen (secondary N) is 1. The molecule has 2 heterocycles. The number of amides is 1. The second-order valence-electron chi connectivity index (χ2n) is 8.32. The summed E-state index contributed by atoms with van der Waals surface area (Å²) in [4.78, 5) is 29.8. The van der Waals surface area contributed by atoms with Crippen LogP contribution >= 0.6 is 0 Å². The second kappa shape index (κ2) is 8.88. The van der Waals surface area contributed by atoms with Gasteiger partial charge in [-0.3, -0.25) is 14.2 Å². The van der Waals surface area contributed by atoms with E-state index in [0.29, 0.717) is 18.9 Å². The van der Waals surface area contributed by atoms with Crippen LogP contribution in [-0.4, -0.2) is 27.2 Å². The van der Waals surface area contributed by atoms with E-state index in [1.54, 1.807) is 13.8 Å². The van der Waals surface area contributed by atoms with E-state index in [1.807, 2.05) is 48.5 Å². The molecular weight excluding hydrogens is 420 g/mol. The molecule has 8 nitrogen and oxygen atoms in total. The highest BCUT2D eigenvalue weighted by Crippen LogP contribution is 2.28. The fourth-order valence-electron chi connectivity index (χ4n) is 3.94. The quantitative estimate of drug-likeness (QED) is 0.625. The van der Waals surface area contributed by atoms with Gasteiger partial charge in [-0.05, 0) is 36.1 Å². The van der Waals surface area contributed by atoms with Gasteiger partial charge < -0.3 is 15.2 Å². The van der Waals surface area contributed by atoms with Crippen LogP contribution in [0.25, 0.3) is 11.1 Å². The van der Waals surface area contributed by atoms with Crippen molar-refractivity contribution < 1.29 is 14.6 Å². The van der Waals surface area contributed by atoms with E-state index in [0.717, 1.165) is 22.3 Å². The highest BCUT2D eigenvalue weighted by atomic mass is 16.5. The molecule has 0 fully saturated rings. The molecule has 1 amide bonds. The van der Waals surface area contributed by atoms with Crippen LogP contribution in [0.4, 0.5) is 0 Å². The number of aromatic nitrogens is 2. The number of hydrogen-bond donors (Lipinski definition) is 2. The molecule has 0 saturated heterocycles. The predicted molar refractivity (Wildman–Crippen MR) is 122 cm³/mol. The summed E-state index contributed by atoms with van der Waals surface area (Å²) in [6, 6.07) is 17.4. The van der Waals surface area contributed by atoms with Gasteiger partial charge >= 0.3 is 0 Å². The number of nitriles is 1. The van der Waals surface area contributed by atoms with Gasteiger partial charge in [0.25, 0.3) is 11.5 Å². The molecule has 0 saturated carbocycles. The molecule has 4 rings (SSSR count). The lowest BCUT2D eigenvalue weighted by atomic mass is 9.98. The molecule has 1 aliphatic rings. The molecule has 2 N–H and O–H groups in total. The standard InChI is InChI=1S/C25H24N4O4/c1-25(2)24-28-20(21(30)23(32)29(24)13-14-33-25)22(31)27-15-18-5-3-4-6-19(18)17-9-7-16(8-10-17)11-12-26/h3-10,30H,11,13-15H2,1-2H3,(H,27,31). The van der Waals surface area contributed by atoms with Gasteiger partial charge in [0.2, 0.25) is 5.75 Å². The largest absolute Gasteiger partial charge is 0.501 e. The van der Waals surface area contributed by atoms with Crippen LogP contribution in [0, 0.1) is 11.3 Å². The molecule has 168 valence electrons. The van der Waals surface area contributed by atoms with Gasteiger partial charge in [0.15, 0.2) is 5.69 Å². The number of fused-ring (bicyclic) bond motifs is 1. The van der Waals surface area contributed by atoms with E-state index in [2.05, 4.69) is 16.4 Å². The van der Waals surface area contributed by atoms with Crippen LogP contribution in [0.5, 0.6) is 5.75 Å². The van der Waals surface area contributed by atoms with Crippen LogP contribution in [0.15, 0.2) is 53.3 Å². The minimum atomic E-state index is -0.857. The predicted octanol–water partition coefficient (Wildman–Crippen LogP) is 2.88. The molecule has 0 spiro atoms. The summed E-state index contributed by atoms with van der Waals surface area (Å²) in [5.74, 6) is -1.01. The normalized spacial score (nSPS) is 14.2. The van der Waals surface area contributed by atoms with Gasteiger partial charge in [0.05, 0.1) is 25.6 Å². The van der Waals surface area contributed by atoms with E-state index in [1.165, 1.54) is 4.57 Å². The van der Waals surface area contributed by atoms with Crippen LogP contribution in [0.3, 0.4) is 0 Å². The molecule has 3 aromatic rings. The molecule has 0 unspecified atom stereocenters. The first-order valence-corrected chi connectivity index (χ1v) is 10.6. The number of aromatic hydroxyl groups is 1. The van der Waals surface area contributed by atoms with E-state index in [9.17, 15) is 14.7 Å². The summed E-state index contributed by atoms with van der Waals surface area (Å²) < 4.78 is 7.03. The van der Waals surface area contributed by atoms with Crippen molar-refractivity contribution in [3.63, 3.8) is 0 Å². The van der Waals surface area contributed by atoms with Crippen molar-refractivity contribution in [2.75, 3.05) is 6.61 Å². The Labute approximate surface area is 191 Å². The van der Waals surface area contributed by atoms with E-state index in [-0.39, 0.29) is 18.8 Å². The third-order valence-corrected chi connectivity index (χ3v) is 5.68.